The Morgan fingerprint density at radius 3 is 3.00 bits per heavy atom. The summed E-state index contributed by atoms with van der Waals surface area (Å²) in [4.78, 5) is 24.0. The van der Waals surface area contributed by atoms with Crippen LogP contribution in [0.2, 0.25) is 0 Å². The number of likely N-dealkylation sites (N-methyl/N-ethyl adjacent to an activating group) is 1. The van der Waals surface area contributed by atoms with Crippen molar-refractivity contribution in [1.29, 1.82) is 0 Å². The molecule has 0 amide bonds. The Balaban J connectivity index is 1.67. The second-order valence-electron chi connectivity index (χ2n) is 6.57. The molecule has 0 N–H and O–H groups in total. The van der Waals surface area contributed by atoms with Crippen LogP contribution in [0.25, 0.3) is 0 Å². The number of anilines is 1. The van der Waals surface area contributed by atoms with Gasteiger partial charge in [0.1, 0.15) is 0 Å². The van der Waals surface area contributed by atoms with Crippen LogP contribution in [-0.4, -0.2) is 46.0 Å². The first-order valence-corrected chi connectivity index (χ1v) is 8.51. The van der Waals surface area contributed by atoms with Gasteiger partial charge in [0.25, 0.3) is 5.69 Å². The first-order chi connectivity index (χ1) is 12.0. The lowest BCUT2D eigenvalue weighted by atomic mass is 10.0. The zero-order valence-corrected chi connectivity index (χ0v) is 14.6. The van der Waals surface area contributed by atoms with E-state index in [4.69, 9.17) is 0 Å². The van der Waals surface area contributed by atoms with Gasteiger partial charge in [-0.05, 0) is 37.9 Å². The minimum atomic E-state index is -0.342. The lowest BCUT2D eigenvalue weighted by Crippen LogP contribution is -2.46. The van der Waals surface area contributed by atoms with Crippen LogP contribution in [0.1, 0.15) is 24.1 Å². The summed E-state index contributed by atoms with van der Waals surface area (Å²) in [5, 5.41) is 10.9. The Bertz CT molecular complexity index is 752. The summed E-state index contributed by atoms with van der Waals surface area (Å²) < 4.78 is 0. The highest BCUT2D eigenvalue weighted by molar-refractivity contribution is 5.34. The fourth-order valence-corrected chi connectivity index (χ4v) is 3.29. The van der Waals surface area contributed by atoms with Crippen molar-refractivity contribution < 1.29 is 4.92 Å². The number of nitrogens with zero attached hydrogens (tertiary/aromatic N) is 5. The van der Waals surface area contributed by atoms with Gasteiger partial charge in [-0.25, -0.2) is 9.97 Å². The molecular formula is C18H23N5O2. The molecule has 132 valence electrons. The summed E-state index contributed by atoms with van der Waals surface area (Å²) in [5.74, 6) is 0.752. The summed E-state index contributed by atoms with van der Waals surface area (Å²) in [6.07, 6.45) is 3.98. The third-order valence-electron chi connectivity index (χ3n) is 4.65. The van der Waals surface area contributed by atoms with Crippen molar-refractivity contribution in [3.63, 3.8) is 0 Å². The number of benzene rings is 1. The lowest BCUT2D eigenvalue weighted by molar-refractivity contribution is -0.384. The van der Waals surface area contributed by atoms with E-state index in [2.05, 4.69) is 19.8 Å². The Kier molecular flexibility index (Phi) is 5.23. The molecular weight excluding hydrogens is 318 g/mol. The highest BCUT2D eigenvalue weighted by Gasteiger charge is 2.25. The third kappa shape index (κ3) is 4.30. The average Bonchev–Trinajstić information content (AvgIpc) is 2.61. The molecule has 0 saturated carbocycles. The van der Waals surface area contributed by atoms with Gasteiger partial charge >= 0.3 is 0 Å². The Labute approximate surface area is 147 Å². The van der Waals surface area contributed by atoms with E-state index in [-0.39, 0.29) is 10.6 Å². The van der Waals surface area contributed by atoms with Crippen LogP contribution in [-0.2, 0) is 6.54 Å². The van der Waals surface area contributed by atoms with E-state index >= 15 is 0 Å². The second kappa shape index (κ2) is 7.57. The first-order valence-electron chi connectivity index (χ1n) is 8.51. The van der Waals surface area contributed by atoms with Crippen LogP contribution in [0.15, 0.2) is 36.5 Å². The van der Waals surface area contributed by atoms with E-state index in [0.717, 1.165) is 49.7 Å². The number of hydrogen-bond donors (Lipinski definition) is 0. The van der Waals surface area contributed by atoms with E-state index in [0.29, 0.717) is 6.04 Å². The standard InChI is InChI=1S/C18H23N5O2/c1-14-8-9-19-18(20-14)21(2)17-7-4-10-22(13-17)12-15-5-3-6-16(11-15)23(24)25/h3,5-6,8-9,11,17H,4,7,10,12-13H2,1-2H3. The normalized spacial score (nSPS) is 18.1. The molecule has 25 heavy (non-hydrogen) atoms. The summed E-state index contributed by atoms with van der Waals surface area (Å²) in [6.45, 7) is 4.59. The third-order valence-corrected chi connectivity index (χ3v) is 4.65. The topological polar surface area (TPSA) is 75.4 Å². The predicted molar refractivity (Wildman–Crippen MR) is 96.6 cm³/mol. The molecule has 0 bridgehead atoms. The smallest absolute Gasteiger partial charge is 0.269 e. The van der Waals surface area contributed by atoms with Crippen molar-refractivity contribution in [2.75, 3.05) is 25.0 Å². The van der Waals surface area contributed by atoms with E-state index in [1.165, 1.54) is 6.07 Å². The molecule has 7 nitrogen and oxygen atoms in total. The highest BCUT2D eigenvalue weighted by atomic mass is 16.6. The fraction of sp³-hybridized carbons (Fsp3) is 0.444. The summed E-state index contributed by atoms with van der Waals surface area (Å²) in [6, 6.07) is 9.13. The molecule has 1 aromatic heterocycles. The minimum Gasteiger partial charge on any atom is -0.340 e. The van der Waals surface area contributed by atoms with Crippen LogP contribution >= 0.6 is 0 Å². The van der Waals surface area contributed by atoms with E-state index < -0.39 is 0 Å². The molecule has 0 spiro atoms. The summed E-state index contributed by atoms with van der Waals surface area (Å²) in [7, 11) is 2.04. The molecule has 2 aromatic rings. The molecule has 7 heteroatoms. The largest absolute Gasteiger partial charge is 0.340 e. The second-order valence-corrected chi connectivity index (χ2v) is 6.57. The lowest BCUT2D eigenvalue weighted by Gasteiger charge is -2.37. The molecule has 3 rings (SSSR count). The van der Waals surface area contributed by atoms with Crippen molar-refractivity contribution in [2.45, 2.75) is 32.4 Å². The number of piperidine rings is 1. The number of rotatable bonds is 5. The fourth-order valence-electron chi connectivity index (χ4n) is 3.29. The molecule has 1 aliphatic heterocycles. The molecule has 0 aliphatic carbocycles. The summed E-state index contributed by atoms with van der Waals surface area (Å²) >= 11 is 0. The van der Waals surface area contributed by atoms with Crippen molar-refractivity contribution >= 4 is 11.6 Å². The quantitative estimate of drug-likeness (QED) is 0.615. The van der Waals surface area contributed by atoms with Gasteiger partial charge in [0, 0.05) is 50.2 Å². The zero-order valence-electron chi connectivity index (χ0n) is 14.6. The van der Waals surface area contributed by atoms with Crippen LogP contribution in [0, 0.1) is 17.0 Å². The van der Waals surface area contributed by atoms with Crippen molar-refractivity contribution in [3.8, 4) is 0 Å². The number of aryl methyl sites for hydroxylation is 1. The molecule has 1 fully saturated rings. The molecule has 1 aromatic carbocycles. The molecule has 1 saturated heterocycles. The minimum absolute atomic E-state index is 0.149. The maximum absolute atomic E-state index is 10.9. The van der Waals surface area contributed by atoms with Crippen LogP contribution in [0.4, 0.5) is 11.6 Å². The van der Waals surface area contributed by atoms with Gasteiger partial charge in [-0.3, -0.25) is 15.0 Å². The average molecular weight is 341 g/mol. The van der Waals surface area contributed by atoms with Gasteiger partial charge in [-0.15, -0.1) is 0 Å². The molecule has 1 unspecified atom stereocenters. The summed E-state index contributed by atoms with van der Waals surface area (Å²) in [5.41, 5.74) is 2.08. The Morgan fingerprint density at radius 2 is 2.24 bits per heavy atom. The van der Waals surface area contributed by atoms with Gasteiger partial charge in [-0.1, -0.05) is 12.1 Å². The maximum Gasteiger partial charge on any atom is 0.269 e. The number of likely N-dealkylation sites (tertiary alicyclic amines) is 1. The maximum atomic E-state index is 10.9. The van der Waals surface area contributed by atoms with Crippen molar-refractivity contribution in [3.05, 3.63) is 57.9 Å². The zero-order chi connectivity index (χ0) is 17.8. The van der Waals surface area contributed by atoms with Crippen LogP contribution in [0.3, 0.4) is 0 Å². The van der Waals surface area contributed by atoms with E-state index in [1.54, 1.807) is 18.3 Å². The van der Waals surface area contributed by atoms with Crippen LogP contribution < -0.4 is 4.90 Å². The Morgan fingerprint density at radius 1 is 1.40 bits per heavy atom. The van der Waals surface area contributed by atoms with Gasteiger partial charge in [0.2, 0.25) is 5.95 Å². The number of nitro groups is 1. The SMILES string of the molecule is Cc1ccnc(N(C)C2CCCN(Cc3cccc([N+](=O)[O-])c3)C2)n1. The number of aromatic nitrogens is 2. The molecule has 1 aliphatic rings. The van der Waals surface area contributed by atoms with E-state index in [1.807, 2.05) is 26.1 Å². The van der Waals surface area contributed by atoms with Gasteiger partial charge in [-0.2, -0.15) is 0 Å². The Hall–Kier alpha value is -2.54. The predicted octanol–water partition coefficient (Wildman–Crippen LogP) is 2.79. The van der Waals surface area contributed by atoms with Gasteiger partial charge in [0.15, 0.2) is 0 Å². The molecule has 1 atom stereocenters. The highest BCUT2D eigenvalue weighted by Crippen LogP contribution is 2.21. The van der Waals surface area contributed by atoms with Crippen molar-refractivity contribution in [1.82, 2.24) is 14.9 Å². The first kappa shape index (κ1) is 17.3. The van der Waals surface area contributed by atoms with Gasteiger partial charge < -0.3 is 4.90 Å². The van der Waals surface area contributed by atoms with E-state index in [9.17, 15) is 10.1 Å². The number of nitro benzene ring substituents is 1. The van der Waals surface area contributed by atoms with Crippen molar-refractivity contribution in [2.24, 2.45) is 0 Å². The van der Waals surface area contributed by atoms with Gasteiger partial charge in [0.05, 0.1) is 4.92 Å². The molecule has 0 radical (unpaired) electrons. The monoisotopic (exact) mass is 341 g/mol. The molecule has 2 heterocycles. The van der Waals surface area contributed by atoms with Crippen LogP contribution in [0.5, 0.6) is 0 Å². The number of hydrogen-bond acceptors (Lipinski definition) is 6. The number of non-ortho nitro benzene ring substituents is 1.